The molecule has 0 aliphatic rings. The standard InChI is InChI=1S/C10H6BrF2N/c11-6-1-2-9-8(5-6)7(10(12)13)3-4-14-9/h1-5,10H. The average molecular weight is 258 g/mol. The van der Waals surface area contributed by atoms with Gasteiger partial charge >= 0.3 is 0 Å². The van der Waals surface area contributed by atoms with Gasteiger partial charge in [-0.2, -0.15) is 0 Å². The Bertz CT molecular complexity index is 471. The summed E-state index contributed by atoms with van der Waals surface area (Å²) in [5.74, 6) is 0. The maximum atomic E-state index is 12.6. The van der Waals surface area contributed by atoms with Crippen LogP contribution in [0.2, 0.25) is 0 Å². The number of hydrogen-bond acceptors (Lipinski definition) is 1. The lowest BCUT2D eigenvalue weighted by molar-refractivity contribution is 0.153. The van der Waals surface area contributed by atoms with Crippen LogP contribution in [-0.4, -0.2) is 4.98 Å². The van der Waals surface area contributed by atoms with Gasteiger partial charge in [0.15, 0.2) is 0 Å². The summed E-state index contributed by atoms with van der Waals surface area (Å²) in [4.78, 5) is 4.01. The topological polar surface area (TPSA) is 12.9 Å². The van der Waals surface area contributed by atoms with Gasteiger partial charge in [0.1, 0.15) is 0 Å². The van der Waals surface area contributed by atoms with Crippen LogP contribution >= 0.6 is 15.9 Å². The van der Waals surface area contributed by atoms with E-state index in [1.54, 1.807) is 18.2 Å². The predicted molar refractivity (Wildman–Crippen MR) is 54.4 cm³/mol. The lowest BCUT2D eigenvalue weighted by Crippen LogP contribution is -1.88. The Hall–Kier alpha value is -1.03. The molecule has 4 heteroatoms. The van der Waals surface area contributed by atoms with E-state index in [2.05, 4.69) is 20.9 Å². The van der Waals surface area contributed by atoms with Crippen LogP contribution in [0.25, 0.3) is 10.9 Å². The van der Waals surface area contributed by atoms with Crippen molar-refractivity contribution in [2.75, 3.05) is 0 Å². The Morgan fingerprint density at radius 3 is 2.71 bits per heavy atom. The van der Waals surface area contributed by atoms with Gasteiger partial charge in [-0.25, -0.2) is 8.78 Å². The summed E-state index contributed by atoms with van der Waals surface area (Å²) in [5.41, 5.74) is 0.613. The SMILES string of the molecule is FC(F)c1ccnc2ccc(Br)cc12. The molecular weight excluding hydrogens is 252 g/mol. The number of hydrogen-bond donors (Lipinski definition) is 0. The largest absolute Gasteiger partial charge is 0.264 e. The van der Waals surface area contributed by atoms with Gasteiger partial charge in [0.25, 0.3) is 6.43 Å². The van der Waals surface area contributed by atoms with Gasteiger partial charge in [-0.05, 0) is 24.3 Å². The lowest BCUT2D eigenvalue weighted by atomic mass is 10.1. The summed E-state index contributed by atoms with van der Waals surface area (Å²) in [5, 5.41) is 0.497. The summed E-state index contributed by atoms with van der Waals surface area (Å²) < 4.78 is 25.9. The van der Waals surface area contributed by atoms with Crippen LogP contribution in [0.1, 0.15) is 12.0 Å². The highest BCUT2D eigenvalue weighted by molar-refractivity contribution is 9.10. The van der Waals surface area contributed by atoms with Gasteiger partial charge < -0.3 is 0 Å². The van der Waals surface area contributed by atoms with E-state index in [9.17, 15) is 8.78 Å². The minimum absolute atomic E-state index is 0.0244. The lowest BCUT2D eigenvalue weighted by Gasteiger charge is -2.04. The Balaban J connectivity index is 2.77. The van der Waals surface area contributed by atoms with Crippen LogP contribution in [0.15, 0.2) is 34.9 Å². The Kier molecular flexibility index (Phi) is 2.46. The molecule has 0 bridgehead atoms. The number of halogens is 3. The van der Waals surface area contributed by atoms with E-state index >= 15 is 0 Å². The van der Waals surface area contributed by atoms with E-state index in [0.29, 0.717) is 10.9 Å². The number of nitrogens with zero attached hydrogens (tertiary/aromatic N) is 1. The molecule has 1 aromatic heterocycles. The van der Waals surface area contributed by atoms with Crippen LogP contribution < -0.4 is 0 Å². The molecule has 0 fully saturated rings. The van der Waals surface area contributed by atoms with Crippen molar-refractivity contribution in [1.29, 1.82) is 0 Å². The van der Waals surface area contributed by atoms with Crippen molar-refractivity contribution in [3.63, 3.8) is 0 Å². The van der Waals surface area contributed by atoms with E-state index in [0.717, 1.165) is 4.47 Å². The highest BCUT2D eigenvalue weighted by Gasteiger charge is 2.11. The van der Waals surface area contributed by atoms with Gasteiger partial charge in [-0.1, -0.05) is 15.9 Å². The number of benzene rings is 1. The first kappa shape index (κ1) is 9.52. The van der Waals surface area contributed by atoms with E-state index in [1.807, 2.05) is 0 Å². The fourth-order valence-electron chi connectivity index (χ4n) is 1.33. The summed E-state index contributed by atoms with van der Waals surface area (Å²) in [6.45, 7) is 0. The normalized spacial score (nSPS) is 11.1. The highest BCUT2D eigenvalue weighted by atomic mass is 79.9. The summed E-state index contributed by atoms with van der Waals surface area (Å²) in [7, 11) is 0. The number of pyridine rings is 1. The zero-order chi connectivity index (χ0) is 10.1. The van der Waals surface area contributed by atoms with Crippen LogP contribution in [0, 0.1) is 0 Å². The number of rotatable bonds is 1. The first-order valence-corrected chi connectivity index (χ1v) is 4.80. The van der Waals surface area contributed by atoms with Gasteiger partial charge in [0.05, 0.1) is 5.52 Å². The summed E-state index contributed by atoms with van der Waals surface area (Å²) in [6, 6.07) is 6.50. The van der Waals surface area contributed by atoms with E-state index in [4.69, 9.17) is 0 Å². The van der Waals surface area contributed by atoms with Crippen LogP contribution in [0.4, 0.5) is 8.78 Å². The second-order valence-corrected chi connectivity index (χ2v) is 3.78. The second-order valence-electron chi connectivity index (χ2n) is 2.86. The molecular formula is C10H6BrF2N. The van der Waals surface area contributed by atoms with Crippen molar-refractivity contribution in [3.8, 4) is 0 Å². The van der Waals surface area contributed by atoms with Crippen LogP contribution in [0.5, 0.6) is 0 Å². The molecule has 0 saturated heterocycles. The van der Waals surface area contributed by atoms with Crippen molar-refractivity contribution in [1.82, 2.24) is 4.98 Å². The molecule has 0 saturated carbocycles. The fraction of sp³-hybridized carbons (Fsp3) is 0.100. The van der Waals surface area contributed by atoms with Crippen molar-refractivity contribution in [3.05, 3.63) is 40.5 Å². The molecule has 0 amide bonds. The van der Waals surface area contributed by atoms with Crippen molar-refractivity contribution < 1.29 is 8.78 Å². The van der Waals surface area contributed by atoms with Crippen molar-refractivity contribution in [2.24, 2.45) is 0 Å². The molecule has 0 N–H and O–H groups in total. The molecule has 0 aliphatic carbocycles. The molecule has 72 valence electrons. The van der Waals surface area contributed by atoms with Gasteiger partial charge in [0.2, 0.25) is 0 Å². The Labute approximate surface area is 87.9 Å². The summed E-state index contributed by atoms with van der Waals surface area (Å²) >= 11 is 3.24. The molecule has 2 rings (SSSR count). The number of alkyl halides is 2. The quantitative estimate of drug-likeness (QED) is 0.755. The number of aromatic nitrogens is 1. The predicted octanol–water partition coefficient (Wildman–Crippen LogP) is 3.93. The average Bonchev–Trinajstić information content (AvgIpc) is 2.16. The van der Waals surface area contributed by atoms with E-state index < -0.39 is 6.43 Å². The van der Waals surface area contributed by atoms with Crippen molar-refractivity contribution >= 4 is 26.8 Å². The van der Waals surface area contributed by atoms with Crippen molar-refractivity contribution in [2.45, 2.75) is 6.43 Å². The first-order chi connectivity index (χ1) is 6.68. The molecule has 1 aromatic carbocycles. The minimum Gasteiger partial charge on any atom is -0.256 e. The molecule has 14 heavy (non-hydrogen) atoms. The maximum absolute atomic E-state index is 12.6. The molecule has 0 aliphatic heterocycles. The monoisotopic (exact) mass is 257 g/mol. The van der Waals surface area contributed by atoms with Crippen LogP contribution in [0.3, 0.4) is 0 Å². The molecule has 0 unspecified atom stereocenters. The highest BCUT2D eigenvalue weighted by Crippen LogP contribution is 2.28. The molecule has 0 spiro atoms. The first-order valence-electron chi connectivity index (χ1n) is 4.01. The third kappa shape index (κ3) is 1.62. The summed E-state index contributed by atoms with van der Waals surface area (Å²) in [6.07, 6.45) is -1.06. The van der Waals surface area contributed by atoms with Crippen LogP contribution in [-0.2, 0) is 0 Å². The minimum atomic E-state index is -2.46. The second kappa shape index (κ2) is 3.61. The molecule has 2 aromatic rings. The molecule has 1 heterocycles. The fourth-order valence-corrected chi connectivity index (χ4v) is 1.69. The third-order valence-electron chi connectivity index (χ3n) is 1.97. The smallest absolute Gasteiger partial charge is 0.256 e. The Morgan fingerprint density at radius 2 is 2.00 bits per heavy atom. The molecule has 0 atom stereocenters. The van der Waals surface area contributed by atoms with Gasteiger partial charge in [-0.15, -0.1) is 0 Å². The third-order valence-corrected chi connectivity index (χ3v) is 2.47. The van der Waals surface area contributed by atoms with Gasteiger partial charge in [-0.3, -0.25) is 4.98 Å². The van der Waals surface area contributed by atoms with E-state index in [1.165, 1.54) is 12.3 Å². The van der Waals surface area contributed by atoms with E-state index in [-0.39, 0.29) is 5.56 Å². The zero-order valence-corrected chi connectivity index (χ0v) is 8.63. The molecule has 1 nitrogen and oxygen atoms in total. The van der Waals surface area contributed by atoms with Gasteiger partial charge in [0, 0.05) is 21.6 Å². The number of fused-ring (bicyclic) bond motifs is 1. The maximum Gasteiger partial charge on any atom is 0.264 e. The zero-order valence-electron chi connectivity index (χ0n) is 7.05. The Morgan fingerprint density at radius 1 is 1.21 bits per heavy atom. The molecule has 0 radical (unpaired) electrons.